The molecule has 4 nitrogen and oxygen atoms in total. The molecule has 1 amide bonds. The van der Waals surface area contributed by atoms with Gasteiger partial charge in [-0.1, -0.05) is 30.3 Å². The van der Waals surface area contributed by atoms with E-state index in [2.05, 4.69) is 10.3 Å². The first-order valence-electron chi connectivity index (χ1n) is 9.30. The SMILES string of the molecule is CCOc1ccc(-c2nc(NC(=O)c3sccc3-c3ccccc3)sc2C)cc1. The number of carbonyl (C=O) groups is 1. The predicted octanol–water partition coefficient (Wildman–Crippen LogP) is 6.50. The molecule has 2 aromatic heterocycles. The molecule has 0 aliphatic heterocycles. The smallest absolute Gasteiger partial charge is 0.268 e. The topological polar surface area (TPSA) is 51.2 Å². The molecule has 2 aromatic carbocycles. The quantitative estimate of drug-likeness (QED) is 0.387. The Morgan fingerprint density at radius 3 is 2.52 bits per heavy atom. The molecule has 4 aromatic rings. The normalized spacial score (nSPS) is 10.7. The van der Waals surface area contributed by atoms with Crippen molar-refractivity contribution < 1.29 is 9.53 Å². The third-order valence-electron chi connectivity index (χ3n) is 4.41. The molecule has 2 heterocycles. The van der Waals surface area contributed by atoms with Crippen LogP contribution in [-0.2, 0) is 0 Å². The highest BCUT2D eigenvalue weighted by molar-refractivity contribution is 7.16. The van der Waals surface area contributed by atoms with Gasteiger partial charge in [0.1, 0.15) is 10.6 Å². The summed E-state index contributed by atoms with van der Waals surface area (Å²) >= 11 is 2.92. The molecule has 0 spiro atoms. The van der Waals surface area contributed by atoms with Crippen molar-refractivity contribution in [2.75, 3.05) is 11.9 Å². The van der Waals surface area contributed by atoms with E-state index in [-0.39, 0.29) is 5.91 Å². The fourth-order valence-corrected chi connectivity index (χ4v) is 4.72. The van der Waals surface area contributed by atoms with Crippen molar-refractivity contribution in [2.24, 2.45) is 0 Å². The van der Waals surface area contributed by atoms with E-state index in [1.807, 2.05) is 79.9 Å². The van der Waals surface area contributed by atoms with E-state index >= 15 is 0 Å². The second-order valence-corrected chi connectivity index (χ2v) is 8.48. The van der Waals surface area contributed by atoms with Gasteiger partial charge in [0.25, 0.3) is 5.91 Å². The van der Waals surface area contributed by atoms with Crippen molar-refractivity contribution in [3.63, 3.8) is 0 Å². The number of carbonyl (C=O) groups excluding carboxylic acids is 1. The number of ether oxygens (including phenoxy) is 1. The number of aromatic nitrogens is 1. The fourth-order valence-electron chi connectivity index (χ4n) is 3.08. The first-order chi connectivity index (χ1) is 14.2. The maximum Gasteiger partial charge on any atom is 0.268 e. The summed E-state index contributed by atoms with van der Waals surface area (Å²) < 4.78 is 5.50. The summed E-state index contributed by atoms with van der Waals surface area (Å²) in [6.45, 7) is 4.61. The number of thiazole rings is 1. The van der Waals surface area contributed by atoms with Crippen LogP contribution in [0.25, 0.3) is 22.4 Å². The van der Waals surface area contributed by atoms with Crippen molar-refractivity contribution in [3.8, 4) is 28.1 Å². The van der Waals surface area contributed by atoms with Gasteiger partial charge >= 0.3 is 0 Å². The lowest BCUT2D eigenvalue weighted by atomic mass is 10.1. The fraction of sp³-hybridized carbons (Fsp3) is 0.130. The summed E-state index contributed by atoms with van der Waals surface area (Å²) in [6.07, 6.45) is 0. The standard InChI is InChI=1S/C23H20N2O2S2/c1-3-27-18-11-9-17(10-12-18)20-15(2)29-23(24-20)25-22(26)21-19(13-14-28-21)16-7-5-4-6-8-16/h4-14H,3H2,1-2H3,(H,24,25,26). The summed E-state index contributed by atoms with van der Waals surface area (Å²) in [5, 5.41) is 5.51. The number of nitrogens with zero attached hydrogens (tertiary/aromatic N) is 1. The number of aryl methyl sites for hydroxylation is 1. The second kappa shape index (κ2) is 8.59. The molecule has 1 N–H and O–H groups in total. The zero-order valence-electron chi connectivity index (χ0n) is 16.1. The van der Waals surface area contributed by atoms with E-state index in [9.17, 15) is 4.79 Å². The van der Waals surface area contributed by atoms with Crippen LogP contribution >= 0.6 is 22.7 Å². The van der Waals surface area contributed by atoms with Gasteiger partial charge in [0.05, 0.1) is 12.3 Å². The van der Waals surface area contributed by atoms with E-state index < -0.39 is 0 Å². The lowest BCUT2D eigenvalue weighted by molar-refractivity contribution is 0.103. The number of anilines is 1. The molecular formula is C23H20N2O2S2. The predicted molar refractivity (Wildman–Crippen MR) is 121 cm³/mol. The summed E-state index contributed by atoms with van der Waals surface area (Å²) in [4.78, 5) is 19.3. The summed E-state index contributed by atoms with van der Waals surface area (Å²) in [6, 6.07) is 19.8. The molecule has 146 valence electrons. The van der Waals surface area contributed by atoms with Gasteiger partial charge in [-0.25, -0.2) is 4.98 Å². The molecular weight excluding hydrogens is 400 g/mol. The Balaban J connectivity index is 1.55. The minimum atomic E-state index is -0.133. The Morgan fingerprint density at radius 1 is 1.03 bits per heavy atom. The molecule has 4 rings (SSSR count). The summed E-state index contributed by atoms with van der Waals surface area (Å²) in [5.74, 6) is 0.703. The molecule has 29 heavy (non-hydrogen) atoms. The maximum atomic E-state index is 12.9. The molecule has 0 bridgehead atoms. The minimum Gasteiger partial charge on any atom is -0.494 e. The van der Waals surface area contributed by atoms with Crippen molar-refractivity contribution in [2.45, 2.75) is 13.8 Å². The van der Waals surface area contributed by atoms with Gasteiger partial charge in [0.2, 0.25) is 0 Å². The first kappa shape index (κ1) is 19.4. The molecule has 0 aliphatic rings. The summed E-state index contributed by atoms with van der Waals surface area (Å²) in [5.41, 5.74) is 3.85. The van der Waals surface area contributed by atoms with Crippen LogP contribution in [0.3, 0.4) is 0 Å². The van der Waals surface area contributed by atoms with Crippen molar-refractivity contribution >= 4 is 33.7 Å². The van der Waals surface area contributed by atoms with E-state index in [1.54, 1.807) is 0 Å². The second-order valence-electron chi connectivity index (χ2n) is 6.36. The van der Waals surface area contributed by atoms with Gasteiger partial charge in [-0.05, 0) is 55.1 Å². The molecule has 0 unspecified atom stereocenters. The Hall–Kier alpha value is -2.96. The maximum absolute atomic E-state index is 12.9. The van der Waals surface area contributed by atoms with E-state index in [4.69, 9.17) is 4.74 Å². The molecule has 0 saturated heterocycles. The monoisotopic (exact) mass is 420 g/mol. The first-order valence-corrected chi connectivity index (χ1v) is 11.0. The number of nitrogens with one attached hydrogen (secondary N) is 1. The number of benzene rings is 2. The van der Waals surface area contributed by atoms with Crippen LogP contribution in [0.5, 0.6) is 5.75 Å². The molecule has 0 saturated carbocycles. The molecule has 0 radical (unpaired) electrons. The van der Waals surface area contributed by atoms with Gasteiger partial charge in [0.15, 0.2) is 5.13 Å². The van der Waals surface area contributed by atoms with Crippen LogP contribution in [0.1, 0.15) is 21.5 Å². The average molecular weight is 421 g/mol. The van der Waals surface area contributed by atoms with Gasteiger partial charge in [0, 0.05) is 16.0 Å². The zero-order chi connectivity index (χ0) is 20.2. The van der Waals surface area contributed by atoms with Crippen molar-refractivity contribution in [1.82, 2.24) is 4.98 Å². The summed E-state index contributed by atoms with van der Waals surface area (Å²) in [7, 11) is 0. The highest BCUT2D eigenvalue weighted by Crippen LogP contribution is 2.33. The molecule has 0 fully saturated rings. The third kappa shape index (κ3) is 4.23. The highest BCUT2D eigenvalue weighted by Gasteiger charge is 2.17. The minimum absolute atomic E-state index is 0.133. The van der Waals surface area contributed by atoms with Crippen molar-refractivity contribution in [3.05, 3.63) is 75.8 Å². The van der Waals surface area contributed by atoms with Crippen LogP contribution in [0.4, 0.5) is 5.13 Å². The molecule has 0 atom stereocenters. The number of hydrogen-bond donors (Lipinski definition) is 1. The average Bonchev–Trinajstić information content (AvgIpc) is 3.36. The van der Waals surface area contributed by atoms with Crippen LogP contribution in [-0.4, -0.2) is 17.5 Å². The lowest BCUT2D eigenvalue weighted by Gasteiger charge is -2.04. The van der Waals surface area contributed by atoms with Gasteiger partial charge in [-0.15, -0.1) is 22.7 Å². The Labute approximate surface area is 177 Å². The zero-order valence-corrected chi connectivity index (χ0v) is 17.8. The van der Waals surface area contributed by atoms with Crippen LogP contribution in [0.15, 0.2) is 66.0 Å². The Kier molecular flexibility index (Phi) is 5.74. The number of rotatable bonds is 6. The number of thiophene rings is 1. The van der Waals surface area contributed by atoms with Crippen LogP contribution < -0.4 is 10.1 Å². The van der Waals surface area contributed by atoms with Crippen molar-refractivity contribution in [1.29, 1.82) is 0 Å². The van der Waals surface area contributed by atoms with E-state index in [0.29, 0.717) is 16.6 Å². The highest BCUT2D eigenvalue weighted by atomic mass is 32.1. The van der Waals surface area contributed by atoms with Gasteiger partial charge in [-0.2, -0.15) is 0 Å². The lowest BCUT2D eigenvalue weighted by Crippen LogP contribution is -2.11. The van der Waals surface area contributed by atoms with Gasteiger partial charge in [-0.3, -0.25) is 10.1 Å². The largest absolute Gasteiger partial charge is 0.494 e. The van der Waals surface area contributed by atoms with Crippen LogP contribution in [0.2, 0.25) is 0 Å². The Bertz CT molecular complexity index is 1120. The van der Waals surface area contributed by atoms with Gasteiger partial charge < -0.3 is 4.74 Å². The number of amides is 1. The van der Waals surface area contributed by atoms with E-state index in [0.717, 1.165) is 33.0 Å². The number of hydrogen-bond acceptors (Lipinski definition) is 5. The molecule has 6 heteroatoms. The van der Waals surface area contributed by atoms with Crippen LogP contribution in [0, 0.1) is 6.92 Å². The Morgan fingerprint density at radius 2 is 1.79 bits per heavy atom. The third-order valence-corrected chi connectivity index (χ3v) is 6.21. The van der Waals surface area contributed by atoms with E-state index in [1.165, 1.54) is 22.7 Å². The molecule has 0 aliphatic carbocycles.